The first-order valence-electron chi connectivity index (χ1n) is 5.92. The maximum atomic E-state index is 5.72. The SMILES string of the molecule is Nc1cccc(CCCCNC2CC2)c1. The van der Waals surface area contributed by atoms with Crippen LogP contribution in [-0.2, 0) is 6.42 Å². The number of unbranched alkanes of at least 4 members (excludes halogenated alkanes) is 1. The summed E-state index contributed by atoms with van der Waals surface area (Å²) in [6.07, 6.45) is 6.44. The number of benzene rings is 1. The molecule has 1 aliphatic rings. The topological polar surface area (TPSA) is 38.0 Å². The molecule has 0 bridgehead atoms. The molecule has 2 nitrogen and oxygen atoms in total. The van der Waals surface area contributed by atoms with Crippen molar-refractivity contribution in [2.45, 2.75) is 38.1 Å². The van der Waals surface area contributed by atoms with Crippen LogP contribution in [0.4, 0.5) is 5.69 Å². The van der Waals surface area contributed by atoms with E-state index in [0.717, 1.165) is 18.2 Å². The van der Waals surface area contributed by atoms with Gasteiger partial charge in [-0.3, -0.25) is 0 Å². The largest absolute Gasteiger partial charge is 0.399 e. The van der Waals surface area contributed by atoms with Crippen molar-refractivity contribution < 1.29 is 0 Å². The average molecular weight is 204 g/mol. The zero-order valence-corrected chi connectivity index (χ0v) is 9.21. The molecule has 0 saturated heterocycles. The van der Waals surface area contributed by atoms with E-state index >= 15 is 0 Å². The third kappa shape index (κ3) is 3.92. The minimum Gasteiger partial charge on any atom is -0.399 e. The summed E-state index contributed by atoms with van der Waals surface area (Å²) in [7, 11) is 0. The van der Waals surface area contributed by atoms with Gasteiger partial charge in [0.2, 0.25) is 0 Å². The lowest BCUT2D eigenvalue weighted by Crippen LogP contribution is -2.17. The Hall–Kier alpha value is -1.02. The van der Waals surface area contributed by atoms with E-state index in [4.69, 9.17) is 5.73 Å². The summed E-state index contributed by atoms with van der Waals surface area (Å²) in [4.78, 5) is 0. The van der Waals surface area contributed by atoms with Crippen molar-refractivity contribution in [2.24, 2.45) is 0 Å². The van der Waals surface area contributed by atoms with E-state index in [0.29, 0.717) is 0 Å². The van der Waals surface area contributed by atoms with Crippen molar-refractivity contribution in [1.29, 1.82) is 0 Å². The molecule has 1 aromatic carbocycles. The van der Waals surface area contributed by atoms with Gasteiger partial charge < -0.3 is 11.1 Å². The predicted molar refractivity (Wildman–Crippen MR) is 64.8 cm³/mol. The first-order chi connectivity index (χ1) is 7.34. The minimum atomic E-state index is 0.845. The third-order valence-electron chi connectivity index (χ3n) is 2.85. The molecule has 0 heterocycles. The smallest absolute Gasteiger partial charge is 0.0316 e. The lowest BCUT2D eigenvalue weighted by atomic mass is 10.1. The van der Waals surface area contributed by atoms with Gasteiger partial charge in [-0.2, -0.15) is 0 Å². The van der Waals surface area contributed by atoms with Gasteiger partial charge in [-0.1, -0.05) is 12.1 Å². The zero-order valence-electron chi connectivity index (χ0n) is 9.21. The molecular weight excluding hydrogens is 184 g/mol. The number of nitrogens with two attached hydrogens (primary N) is 1. The standard InChI is InChI=1S/C13H20N2/c14-12-6-3-5-11(10-12)4-1-2-9-15-13-7-8-13/h3,5-6,10,13,15H,1-2,4,7-9,14H2. The molecule has 82 valence electrons. The van der Waals surface area contributed by atoms with Crippen LogP contribution in [0.25, 0.3) is 0 Å². The van der Waals surface area contributed by atoms with Gasteiger partial charge in [0.15, 0.2) is 0 Å². The molecule has 0 unspecified atom stereocenters. The predicted octanol–water partition coefficient (Wildman–Crippen LogP) is 2.34. The lowest BCUT2D eigenvalue weighted by molar-refractivity contribution is 0.620. The Bertz CT molecular complexity index is 305. The first-order valence-corrected chi connectivity index (χ1v) is 5.92. The molecule has 2 rings (SSSR count). The summed E-state index contributed by atoms with van der Waals surface area (Å²) in [6, 6.07) is 9.06. The van der Waals surface area contributed by atoms with Gasteiger partial charge in [-0.15, -0.1) is 0 Å². The van der Waals surface area contributed by atoms with Crippen molar-refractivity contribution in [1.82, 2.24) is 5.32 Å². The Morgan fingerprint density at radius 3 is 2.87 bits per heavy atom. The molecular formula is C13H20N2. The van der Waals surface area contributed by atoms with Crippen LogP contribution < -0.4 is 11.1 Å². The fourth-order valence-corrected chi connectivity index (χ4v) is 1.80. The Morgan fingerprint density at radius 2 is 2.13 bits per heavy atom. The fourth-order valence-electron chi connectivity index (χ4n) is 1.80. The molecule has 0 atom stereocenters. The third-order valence-corrected chi connectivity index (χ3v) is 2.85. The summed E-state index contributed by atoms with van der Waals surface area (Å²) >= 11 is 0. The maximum Gasteiger partial charge on any atom is 0.0316 e. The molecule has 0 aromatic heterocycles. The molecule has 1 saturated carbocycles. The van der Waals surface area contributed by atoms with Crippen molar-refractivity contribution >= 4 is 5.69 Å². The Morgan fingerprint density at radius 1 is 1.27 bits per heavy atom. The van der Waals surface area contributed by atoms with Gasteiger partial charge >= 0.3 is 0 Å². The Kier molecular flexibility index (Phi) is 3.62. The average Bonchev–Trinajstić information content (AvgIpc) is 3.01. The van der Waals surface area contributed by atoms with Crippen LogP contribution in [0.2, 0.25) is 0 Å². The fraction of sp³-hybridized carbons (Fsp3) is 0.538. The van der Waals surface area contributed by atoms with Gasteiger partial charge in [-0.25, -0.2) is 0 Å². The number of nitrogens with one attached hydrogen (secondary N) is 1. The molecule has 1 fully saturated rings. The van der Waals surface area contributed by atoms with E-state index in [2.05, 4.69) is 17.4 Å². The number of hydrogen-bond donors (Lipinski definition) is 2. The summed E-state index contributed by atoms with van der Waals surface area (Å²) in [5, 5.41) is 3.53. The minimum absolute atomic E-state index is 0.845. The van der Waals surface area contributed by atoms with Crippen LogP contribution in [-0.4, -0.2) is 12.6 Å². The second kappa shape index (κ2) is 5.17. The van der Waals surface area contributed by atoms with E-state index in [1.165, 1.54) is 37.8 Å². The number of hydrogen-bond acceptors (Lipinski definition) is 2. The molecule has 0 spiro atoms. The van der Waals surface area contributed by atoms with Crippen LogP contribution in [0, 0.1) is 0 Å². The lowest BCUT2D eigenvalue weighted by Gasteiger charge is -2.03. The summed E-state index contributed by atoms with van der Waals surface area (Å²) in [5.74, 6) is 0. The van der Waals surface area contributed by atoms with Crippen LogP contribution in [0.3, 0.4) is 0 Å². The highest BCUT2D eigenvalue weighted by Crippen LogP contribution is 2.18. The molecule has 0 radical (unpaired) electrons. The summed E-state index contributed by atoms with van der Waals surface area (Å²) < 4.78 is 0. The molecule has 2 heteroatoms. The highest BCUT2D eigenvalue weighted by Gasteiger charge is 2.19. The molecule has 0 amide bonds. The maximum absolute atomic E-state index is 5.72. The molecule has 0 aliphatic heterocycles. The van der Waals surface area contributed by atoms with Crippen molar-refractivity contribution in [3.05, 3.63) is 29.8 Å². The van der Waals surface area contributed by atoms with Crippen molar-refractivity contribution in [3.63, 3.8) is 0 Å². The number of rotatable bonds is 6. The number of anilines is 1. The van der Waals surface area contributed by atoms with Crippen molar-refractivity contribution in [2.75, 3.05) is 12.3 Å². The quantitative estimate of drug-likeness (QED) is 0.551. The van der Waals surface area contributed by atoms with Crippen LogP contribution in [0.5, 0.6) is 0 Å². The van der Waals surface area contributed by atoms with E-state index in [1.54, 1.807) is 0 Å². The highest BCUT2D eigenvalue weighted by atomic mass is 14.9. The molecule has 3 N–H and O–H groups in total. The van der Waals surface area contributed by atoms with Gasteiger partial charge in [0, 0.05) is 11.7 Å². The monoisotopic (exact) mass is 204 g/mol. The van der Waals surface area contributed by atoms with Gasteiger partial charge in [0.25, 0.3) is 0 Å². The Balaban J connectivity index is 1.60. The van der Waals surface area contributed by atoms with E-state index in [9.17, 15) is 0 Å². The first kappa shape index (κ1) is 10.5. The second-order valence-corrected chi connectivity index (χ2v) is 4.43. The van der Waals surface area contributed by atoms with Gasteiger partial charge in [-0.05, 0) is 56.3 Å². The van der Waals surface area contributed by atoms with Crippen LogP contribution in [0.1, 0.15) is 31.2 Å². The summed E-state index contributed by atoms with van der Waals surface area (Å²) in [5.41, 5.74) is 7.97. The van der Waals surface area contributed by atoms with Gasteiger partial charge in [0.05, 0.1) is 0 Å². The Labute approximate surface area is 91.9 Å². The van der Waals surface area contributed by atoms with Crippen LogP contribution in [0.15, 0.2) is 24.3 Å². The van der Waals surface area contributed by atoms with Crippen molar-refractivity contribution in [3.8, 4) is 0 Å². The highest BCUT2D eigenvalue weighted by molar-refractivity contribution is 5.40. The zero-order chi connectivity index (χ0) is 10.5. The molecule has 1 aromatic rings. The van der Waals surface area contributed by atoms with Crippen LogP contribution >= 0.6 is 0 Å². The second-order valence-electron chi connectivity index (χ2n) is 4.43. The summed E-state index contributed by atoms with van der Waals surface area (Å²) in [6.45, 7) is 1.17. The van der Waals surface area contributed by atoms with E-state index in [1.807, 2.05) is 12.1 Å². The van der Waals surface area contributed by atoms with Gasteiger partial charge in [0.1, 0.15) is 0 Å². The van der Waals surface area contributed by atoms with E-state index < -0.39 is 0 Å². The number of aryl methyl sites for hydroxylation is 1. The normalized spacial score (nSPS) is 15.5. The molecule has 15 heavy (non-hydrogen) atoms. The molecule has 1 aliphatic carbocycles. The van der Waals surface area contributed by atoms with E-state index in [-0.39, 0.29) is 0 Å². The number of nitrogen functional groups attached to an aromatic ring is 1.